The predicted molar refractivity (Wildman–Crippen MR) is 67.1 cm³/mol. The first-order valence-corrected chi connectivity index (χ1v) is 11.5. The molecular weight excluding hydrogens is 325 g/mol. The van der Waals surface area contributed by atoms with E-state index in [1.54, 1.807) is 0 Å². The van der Waals surface area contributed by atoms with Crippen LogP contribution in [0.5, 0.6) is 0 Å². The number of alkyl halides is 1. The molecule has 0 saturated carbocycles. The molecule has 0 fully saturated rings. The molecule has 0 saturated heterocycles. The standard InChI is InChI=1S/C10H21INS2/c1-3-11-14-13-10(2)8-6-4-5-7-9-12/h9-10,12H,3-8H2,1-2H3/q-1. The average Bonchev–Trinajstić information content (AvgIpc) is 2.18. The van der Waals surface area contributed by atoms with Crippen LogP contribution in [0.2, 0.25) is 0 Å². The van der Waals surface area contributed by atoms with E-state index in [4.69, 9.17) is 5.41 Å². The van der Waals surface area contributed by atoms with E-state index in [0.29, 0.717) is 19.8 Å². The van der Waals surface area contributed by atoms with Crippen molar-refractivity contribution in [2.24, 2.45) is 0 Å². The van der Waals surface area contributed by atoms with Gasteiger partial charge in [-0.3, -0.25) is 0 Å². The summed E-state index contributed by atoms with van der Waals surface area (Å²) < 4.78 is 1.39. The Hall–Kier alpha value is 1.10. The number of nitrogens with one attached hydrogen (secondary N) is 1. The summed E-state index contributed by atoms with van der Waals surface area (Å²) in [4.78, 5) is 0. The fourth-order valence-electron chi connectivity index (χ4n) is 1.04. The van der Waals surface area contributed by atoms with Crippen molar-refractivity contribution in [1.82, 2.24) is 0 Å². The van der Waals surface area contributed by atoms with Crippen LogP contribution in [0.1, 0.15) is 46.0 Å². The molecule has 4 heteroatoms. The molecule has 0 aromatic rings. The monoisotopic (exact) mass is 346 g/mol. The zero-order valence-corrected chi connectivity index (χ0v) is 12.9. The van der Waals surface area contributed by atoms with Gasteiger partial charge in [0.05, 0.1) is 0 Å². The Kier molecular flexibility index (Phi) is 13.1. The van der Waals surface area contributed by atoms with Gasteiger partial charge in [0, 0.05) is 0 Å². The summed E-state index contributed by atoms with van der Waals surface area (Å²) in [6.45, 7) is 4.62. The molecule has 1 N–H and O–H groups in total. The van der Waals surface area contributed by atoms with Crippen LogP contribution in [-0.4, -0.2) is 15.9 Å². The van der Waals surface area contributed by atoms with Gasteiger partial charge in [-0.1, -0.05) is 0 Å². The second-order valence-corrected chi connectivity index (χ2v) is 12.1. The van der Waals surface area contributed by atoms with Crippen LogP contribution < -0.4 is 19.8 Å². The summed E-state index contributed by atoms with van der Waals surface area (Å²) in [7, 11) is 4.21. The number of rotatable bonds is 10. The minimum atomic E-state index is 0.419. The van der Waals surface area contributed by atoms with Crippen LogP contribution >= 0.6 is 18.8 Å². The number of unbranched alkanes of at least 4 members (excludes halogenated alkanes) is 3. The zero-order valence-electron chi connectivity index (χ0n) is 9.09. The van der Waals surface area contributed by atoms with Crippen LogP contribution in [0.15, 0.2) is 0 Å². The van der Waals surface area contributed by atoms with Crippen molar-refractivity contribution in [3.8, 4) is 0 Å². The van der Waals surface area contributed by atoms with Gasteiger partial charge in [-0.25, -0.2) is 0 Å². The number of hydrogen-bond donors (Lipinski definition) is 1. The van der Waals surface area contributed by atoms with Crippen molar-refractivity contribution in [1.29, 1.82) is 5.41 Å². The van der Waals surface area contributed by atoms with Gasteiger partial charge < -0.3 is 0 Å². The van der Waals surface area contributed by atoms with Crippen molar-refractivity contribution in [3.05, 3.63) is 0 Å². The van der Waals surface area contributed by atoms with Crippen LogP contribution in [-0.2, 0) is 0 Å². The summed E-state index contributed by atoms with van der Waals surface area (Å²) in [5, 5.41) is 7.73. The van der Waals surface area contributed by atoms with Gasteiger partial charge in [-0.2, -0.15) is 0 Å². The van der Waals surface area contributed by atoms with Crippen LogP contribution in [0.4, 0.5) is 0 Å². The normalized spacial score (nSPS) is 13.0. The zero-order chi connectivity index (χ0) is 10.6. The van der Waals surface area contributed by atoms with Crippen molar-refractivity contribution >= 4 is 25.0 Å². The van der Waals surface area contributed by atoms with Crippen LogP contribution in [0.3, 0.4) is 0 Å². The molecule has 0 aromatic carbocycles. The van der Waals surface area contributed by atoms with E-state index in [1.165, 1.54) is 36.3 Å². The Morgan fingerprint density at radius 3 is 2.79 bits per heavy atom. The molecule has 0 aromatic heterocycles. The van der Waals surface area contributed by atoms with Gasteiger partial charge in [0.15, 0.2) is 0 Å². The maximum absolute atomic E-state index is 6.91. The molecule has 1 atom stereocenters. The quantitative estimate of drug-likeness (QED) is 0.212. The molecule has 0 rings (SSSR count). The molecule has 1 unspecified atom stereocenters. The Morgan fingerprint density at radius 1 is 1.36 bits per heavy atom. The van der Waals surface area contributed by atoms with E-state index in [1.807, 2.05) is 0 Å². The molecule has 0 heterocycles. The third-order valence-corrected chi connectivity index (χ3v) is 10.3. The summed E-state index contributed by atoms with van der Waals surface area (Å²) in [6, 6.07) is 0. The van der Waals surface area contributed by atoms with Crippen LogP contribution in [0.25, 0.3) is 0 Å². The van der Waals surface area contributed by atoms with Crippen molar-refractivity contribution < 1.29 is 19.8 Å². The summed E-state index contributed by atoms with van der Waals surface area (Å²) in [5.74, 6) is 0. The first-order valence-electron chi connectivity index (χ1n) is 5.21. The minimum absolute atomic E-state index is 0.419. The van der Waals surface area contributed by atoms with Crippen molar-refractivity contribution in [2.45, 2.75) is 51.2 Å². The fraction of sp³-hybridized carbons (Fsp3) is 0.900. The predicted octanol–water partition coefficient (Wildman–Crippen LogP) is 1.38. The van der Waals surface area contributed by atoms with Gasteiger partial charge >= 0.3 is 106 Å². The summed E-state index contributed by atoms with van der Waals surface area (Å²) >= 11 is 0.419. The topological polar surface area (TPSA) is 23.9 Å². The Balaban J connectivity index is 3.09. The molecule has 86 valence electrons. The molecule has 0 aliphatic carbocycles. The SMILES string of the molecule is CC[I-]SSC(C)CCCCCC=N. The molecule has 0 spiro atoms. The van der Waals surface area contributed by atoms with E-state index < -0.39 is 0 Å². The summed E-state index contributed by atoms with van der Waals surface area (Å²) in [6.07, 6.45) is 7.69. The third-order valence-electron chi connectivity index (χ3n) is 1.81. The Morgan fingerprint density at radius 2 is 2.14 bits per heavy atom. The van der Waals surface area contributed by atoms with Gasteiger partial charge in [0.1, 0.15) is 0 Å². The first kappa shape index (κ1) is 15.1. The molecule has 0 radical (unpaired) electrons. The third kappa shape index (κ3) is 11.2. The van der Waals surface area contributed by atoms with Gasteiger partial charge in [-0.05, 0) is 0 Å². The Labute approximate surface area is 105 Å². The summed E-state index contributed by atoms with van der Waals surface area (Å²) in [5.41, 5.74) is 0. The number of hydrogen-bond acceptors (Lipinski definition) is 3. The molecule has 0 amide bonds. The van der Waals surface area contributed by atoms with Gasteiger partial charge in [0.25, 0.3) is 0 Å². The van der Waals surface area contributed by atoms with E-state index in [-0.39, 0.29) is 0 Å². The molecule has 1 nitrogen and oxygen atoms in total. The molecular formula is C10H21INS2-. The van der Waals surface area contributed by atoms with Crippen LogP contribution in [0, 0.1) is 5.41 Å². The van der Waals surface area contributed by atoms with E-state index >= 15 is 0 Å². The molecule has 0 aliphatic heterocycles. The molecule has 14 heavy (non-hydrogen) atoms. The number of halogens is 1. The maximum atomic E-state index is 6.91. The molecule has 0 bridgehead atoms. The Bertz CT molecular complexity index is 133. The van der Waals surface area contributed by atoms with E-state index in [2.05, 4.69) is 32.6 Å². The first-order chi connectivity index (χ1) is 6.81. The van der Waals surface area contributed by atoms with E-state index in [0.717, 1.165) is 11.7 Å². The average molecular weight is 346 g/mol. The van der Waals surface area contributed by atoms with Crippen molar-refractivity contribution in [2.75, 3.05) is 4.43 Å². The van der Waals surface area contributed by atoms with Crippen molar-refractivity contribution in [3.63, 3.8) is 0 Å². The second kappa shape index (κ2) is 12.2. The van der Waals surface area contributed by atoms with E-state index in [9.17, 15) is 0 Å². The van der Waals surface area contributed by atoms with Gasteiger partial charge in [-0.15, -0.1) is 0 Å². The second-order valence-electron chi connectivity index (χ2n) is 3.19. The fourth-order valence-corrected chi connectivity index (χ4v) is 9.44. The molecule has 0 aliphatic rings. The van der Waals surface area contributed by atoms with Gasteiger partial charge in [0.2, 0.25) is 0 Å².